The topological polar surface area (TPSA) is 110 Å². The van der Waals surface area contributed by atoms with Gasteiger partial charge in [0.1, 0.15) is 29.2 Å². The minimum atomic E-state index is -1.68. The Hall–Kier alpha value is -4.64. The first kappa shape index (κ1) is 21.2. The molecular formula is C26H19N3O5. The third kappa shape index (κ3) is 3.18. The fourth-order valence-electron chi connectivity index (χ4n) is 4.40. The molecule has 0 radical (unpaired) electrons. The van der Waals surface area contributed by atoms with E-state index >= 15 is 0 Å². The number of nitrogens with zero attached hydrogens (tertiary/aromatic N) is 2. The van der Waals surface area contributed by atoms with Gasteiger partial charge in [0.2, 0.25) is 0 Å². The first-order chi connectivity index (χ1) is 16.6. The van der Waals surface area contributed by atoms with Crippen molar-refractivity contribution in [3.63, 3.8) is 0 Å². The summed E-state index contributed by atoms with van der Waals surface area (Å²) in [5.41, 5.74) is 0.507. The van der Waals surface area contributed by atoms with Crippen molar-refractivity contribution in [2.45, 2.75) is 5.60 Å². The van der Waals surface area contributed by atoms with Crippen LogP contribution in [0.5, 0.6) is 11.5 Å². The molecule has 1 N–H and O–H groups in total. The van der Waals surface area contributed by atoms with Crippen LogP contribution in [0.4, 0.5) is 5.69 Å². The van der Waals surface area contributed by atoms with Gasteiger partial charge in [0, 0.05) is 22.4 Å². The van der Waals surface area contributed by atoms with Gasteiger partial charge in [-0.15, -0.1) is 0 Å². The highest BCUT2D eigenvalue weighted by Crippen LogP contribution is 2.50. The molecule has 2 unspecified atom stereocenters. The quantitative estimate of drug-likeness (QED) is 0.570. The van der Waals surface area contributed by atoms with Crippen LogP contribution < -0.4 is 14.8 Å². The van der Waals surface area contributed by atoms with E-state index in [1.165, 1.54) is 0 Å². The molecule has 0 aromatic heterocycles. The SMILES string of the molecule is COc1ccc(C(=O)C2C(c3ccccc3OCC#N)=NOC23C(=O)Nc2ccccc23)cc1. The van der Waals surface area contributed by atoms with E-state index in [-0.39, 0.29) is 18.1 Å². The van der Waals surface area contributed by atoms with E-state index in [1.54, 1.807) is 79.9 Å². The Morgan fingerprint density at radius 1 is 1.12 bits per heavy atom. The highest BCUT2D eigenvalue weighted by Gasteiger charge is 2.63. The molecule has 8 nitrogen and oxygen atoms in total. The van der Waals surface area contributed by atoms with Gasteiger partial charge in [-0.05, 0) is 42.5 Å². The second kappa shape index (κ2) is 8.37. The smallest absolute Gasteiger partial charge is 0.277 e. The van der Waals surface area contributed by atoms with Crippen LogP contribution in [-0.2, 0) is 15.2 Å². The molecule has 0 fully saturated rings. The Morgan fingerprint density at radius 3 is 2.62 bits per heavy atom. The lowest BCUT2D eigenvalue weighted by atomic mass is 9.74. The number of para-hydroxylation sites is 2. The summed E-state index contributed by atoms with van der Waals surface area (Å²) in [6.07, 6.45) is 0. The van der Waals surface area contributed by atoms with Crippen LogP contribution in [0.3, 0.4) is 0 Å². The summed E-state index contributed by atoms with van der Waals surface area (Å²) in [7, 11) is 1.54. The molecule has 2 aliphatic heterocycles. The van der Waals surface area contributed by atoms with Gasteiger partial charge < -0.3 is 19.6 Å². The van der Waals surface area contributed by atoms with Crippen molar-refractivity contribution in [2.75, 3.05) is 19.0 Å². The number of rotatable bonds is 6. The standard InChI is InChI=1S/C26H19N3O5/c1-32-17-12-10-16(11-13-17)24(30)22-23(18-6-2-5-9-21(18)33-15-14-27)29-34-26(22)19-7-3-4-8-20(19)28-25(26)31/h2-13,22H,15H2,1H3,(H,28,31). The first-order valence-electron chi connectivity index (χ1n) is 10.5. The maximum absolute atomic E-state index is 14.0. The molecule has 1 spiro atoms. The number of hydrogen-bond acceptors (Lipinski definition) is 7. The molecule has 0 bridgehead atoms. The van der Waals surface area contributed by atoms with Gasteiger partial charge in [0.05, 0.1) is 7.11 Å². The maximum Gasteiger partial charge on any atom is 0.277 e. The average molecular weight is 453 g/mol. The zero-order chi connectivity index (χ0) is 23.7. The summed E-state index contributed by atoms with van der Waals surface area (Å²) in [5.74, 6) is -0.961. The van der Waals surface area contributed by atoms with Gasteiger partial charge in [-0.1, -0.05) is 35.5 Å². The number of carbonyl (C=O) groups is 2. The summed E-state index contributed by atoms with van der Waals surface area (Å²) in [6, 6.07) is 22.6. The van der Waals surface area contributed by atoms with Gasteiger partial charge in [0.25, 0.3) is 11.5 Å². The van der Waals surface area contributed by atoms with Gasteiger partial charge >= 0.3 is 0 Å². The Morgan fingerprint density at radius 2 is 1.85 bits per heavy atom. The lowest BCUT2D eigenvalue weighted by Gasteiger charge is -2.27. The number of nitriles is 1. The molecule has 0 saturated heterocycles. The van der Waals surface area contributed by atoms with Crippen molar-refractivity contribution in [1.82, 2.24) is 0 Å². The number of nitrogens with one attached hydrogen (secondary N) is 1. The summed E-state index contributed by atoms with van der Waals surface area (Å²) < 4.78 is 10.8. The van der Waals surface area contributed by atoms with E-state index in [0.29, 0.717) is 33.9 Å². The van der Waals surface area contributed by atoms with Crippen LogP contribution in [-0.4, -0.2) is 31.1 Å². The third-order valence-corrected chi connectivity index (χ3v) is 5.97. The second-order valence-corrected chi connectivity index (χ2v) is 7.77. The molecule has 0 saturated carbocycles. The number of amides is 1. The number of ketones is 1. The van der Waals surface area contributed by atoms with E-state index < -0.39 is 17.4 Å². The second-order valence-electron chi connectivity index (χ2n) is 7.77. The summed E-state index contributed by atoms with van der Waals surface area (Å²) in [5, 5.41) is 16.1. The molecule has 8 heteroatoms. The number of carbonyl (C=O) groups excluding carboxylic acids is 2. The van der Waals surface area contributed by atoms with Crippen molar-refractivity contribution in [1.29, 1.82) is 5.26 Å². The largest absolute Gasteiger partial charge is 0.497 e. The molecule has 3 aromatic rings. The number of fused-ring (bicyclic) bond motifs is 2. The molecule has 168 valence electrons. The van der Waals surface area contributed by atoms with Gasteiger partial charge in [-0.3, -0.25) is 9.59 Å². The molecule has 3 aromatic carbocycles. The van der Waals surface area contributed by atoms with E-state index in [9.17, 15) is 9.59 Å². The normalized spacial score (nSPS) is 20.1. The number of anilines is 1. The van der Waals surface area contributed by atoms with Crippen LogP contribution in [0.15, 0.2) is 78.0 Å². The van der Waals surface area contributed by atoms with Crippen LogP contribution in [0.1, 0.15) is 21.5 Å². The van der Waals surface area contributed by atoms with Crippen LogP contribution in [0.2, 0.25) is 0 Å². The fourth-order valence-corrected chi connectivity index (χ4v) is 4.40. The molecule has 5 rings (SSSR count). The predicted octanol–water partition coefficient (Wildman–Crippen LogP) is 3.68. The number of benzene rings is 3. The van der Waals surface area contributed by atoms with E-state index in [1.807, 2.05) is 6.07 Å². The Kier molecular flexibility index (Phi) is 5.22. The highest BCUT2D eigenvalue weighted by molar-refractivity contribution is 6.25. The van der Waals surface area contributed by atoms with Crippen LogP contribution >= 0.6 is 0 Å². The van der Waals surface area contributed by atoms with E-state index in [0.717, 1.165) is 0 Å². The van der Waals surface area contributed by atoms with Crippen molar-refractivity contribution in [3.05, 3.63) is 89.5 Å². The lowest BCUT2D eigenvalue weighted by molar-refractivity contribution is -0.140. The Bertz CT molecular complexity index is 1360. The van der Waals surface area contributed by atoms with Crippen LogP contribution in [0.25, 0.3) is 0 Å². The zero-order valence-electron chi connectivity index (χ0n) is 18.1. The predicted molar refractivity (Wildman–Crippen MR) is 123 cm³/mol. The van der Waals surface area contributed by atoms with Crippen molar-refractivity contribution >= 4 is 23.1 Å². The Labute approximate surface area is 195 Å². The Balaban J connectivity index is 1.67. The van der Waals surface area contributed by atoms with Crippen molar-refractivity contribution in [2.24, 2.45) is 11.1 Å². The molecule has 2 atom stereocenters. The monoisotopic (exact) mass is 453 g/mol. The lowest BCUT2D eigenvalue weighted by Crippen LogP contribution is -2.46. The minimum Gasteiger partial charge on any atom is -0.497 e. The maximum atomic E-state index is 14.0. The van der Waals surface area contributed by atoms with Crippen molar-refractivity contribution < 1.29 is 23.9 Å². The average Bonchev–Trinajstić information content (AvgIpc) is 3.41. The highest BCUT2D eigenvalue weighted by atomic mass is 16.7. The number of hydrogen-bond donors (Lipinski definition) is 1. The fraction of sp³-hybridized carbons (Fsp3) is 0.154. The van der Waals surface area contributed by atoms with Gasteiger partial charge in [0.15, 0.2) is 12.4 Å². The molecule has 2 heterocycles. The molecule has 1 amide bonds. The third-order valence-electron chi connectivity index (χ3n) is 5.97. The first-order valence-corrected chi connectivity index (χ1v) is 10.5. The van der Waals surface area contributed by atoms with E-state index in [4.69, 9.17) is 19.6 Å². The minimum absolute atomic E-state index is 0.184. The van der Waals surface area contributed by atoms with Crippen molar-refractivity contribution in [3.8, 4) is 17.6 Å². The van der Waals surface area contributed by atoms with Gasteiger partial charge in [-0.25, -0.2) is 0 Å². The number of Topliss-reactive ketones (excluding diaryl/α,β-unsaturated/α-hetero) is 1. The molecule has 2 aliphatic rings. The summed E-state index contributed by atoms with van der Waals surface area (Å²) in [4.78, 5) is 33.3. The number of oxime groups is 1. The summed E-state index contributed by atoms with van der Waals surface area (Å²) >= 11 is 0. The molecule has 34 heavy (non-hydrogen) atoms. The molecule has 0 aliphatic carbocycles. The van der Waals surface area contributed by atoms with Gasteiger partial charge in [-0.2, -0.15) is 5.26 Å². The number of methoxy groups -OCH3 is 1. The summed E-state index contributed by atoms with van der Waals surface area (Å²) in [6.45, 7) is -0.184. The number of ether oxygens (including phenoxy) is 2. The zero-order valence-corrected chi connectivity index (χ0v) is 18.1. The van der Waals surface area contributed by atoms with Crippen LogP contribution in [0, 0.1) is 17.2 Å². The molecular weight excluding hydrogens is 434 g/mol. The van der Waals surface area contributed by atoms with E-state index in [2.05, 4.69) is 10.5 Å².